The summed E-state index contributed by atoms with van der Waals surface area (Å²) in [5.41, 5.74) is 2.17. The average Bonchev–Trinajstić information content (AvgIpc) is 3.24. The predicted molar refractivity (Wildman–Crippen MR) is 107 cm³/mol. The first kappa shape index (κ1) is 17.1. The lowest BCUT2D eigenvalue weighted by Gasteiger charge is -2.13. The fourth-order valence-electron chi connectivity index (χ4n) is 2.78. The zero-order chi connectivity index (χ0) is 17.9. The Hall–Kier alpha value is -2.38. The van der Waals surface area contributed by atoms with Crippen molar-refractivity contribution in [3.63, 3.8) is 0 Å². The van der Waals surface area contributed by atoms with E-state index in [9.17, 15) is 4.79 Å². The number of benzene rings is 2. The molecule has 1 N–H and O–H groups in total. The highest BCUT2D eigenvalue weighted by Crippen LogP contribution is 2.31. The van der Waals surface area contributed by atoms with Gasteiger partial charge in [-0.2, -0.15) is 0 Å². The zero-order valence-corrected chi connectivity index (χ0v) is 15.9. The van der Waals surface area contributed by atoms with Crippen molar-refractivity contribution in [1.82, 2.24) is 19.9 Å². The number of carbonyl (C=O) groups is 1. The lowest BCUT2D eigenvalue weighted by Crippen LogP contribution is -2.32. The molecule has 1 unspecified atom stereocenters. The highest BCUT2D eigenvalue weighted by atomic mass is 32.2. The number of nitrogens with zero attached hydrogens (tertiary/aromatic N) is 3. The second-order valence-corrected chi connectivity index (χ2v) is 8.07. The van der Waals surface area contributed by atoms with Crippen molar-refractivity contribution in [3.8, 4) is 0 Å². The van der Waals surface area contributed by atoms with Gasteiger partial charge in [0, 0.05) is 6.54 Å². The van der Waals surface area contributed by atoms with Crippen LogP contribution in [0.15, 0.2) is 59.8 Å². The minimum absolute atomic E-state index is 0.0256. The van der Waals surface area contributed by atoms with E-state index in [0.717, 1.165) is 27.6 Å². The number of nitrogens with one attached hydrogen (secondary N) is 1. The van der Waals surface area contributed by atoms with Crippen LogP contribution in [-0.2, 0) is 11.3 Å². The molecule has 7 heteroatoms. The van der Waals surface area contributed by atoms with Crippen molar-refractivity contribution in [2.45, 2.75) is 30.3 Å². The van der Waals surface area contributed by atoms with E-state index in [4.69, 9.17) is 0 Å². The monoisotopic (exact) mass is 382 g/mol. The minimum atomic E-state index is -0.204. The average molecular weight is 383 g/mol. The highest BCUT2D eigenvalue weighted by molar-refractivity contribution is 8.00. The van der Waals surface area contributed by atoms with E-state index in [-0.39, 0.29) is 11.2 Å². The number of aromatic nitrogens is 3. The molecule has 132 valence electrons. The number of hydrogen-bond donors (Lipinski definition) is 1. The van der Waals surface area contributed by atoms with E-state index in [0.29, 0.717) is 6.54 Å². The molecule has 0 aliphatic rings. The second kappa shape index (κ2) is 7.47. The van der Waals surface area contributed by atoms with Gasteiger partial charge in [-0.3, -0.25) is 9.20 Å². The van der Waals surface area contributed by atoms with Crippen molar-refractivity contribution in [1.29, 1.82) is 0 Å². The summed E-state index contributed by atoms with van der Waals surface area (Å²) in [5.74, 6) is 0.0256. The Morgan fingerprint density at radius 2 is 1.92 bits per heavy atom. The topological polar surface area (TPSA) is 59.3 Å². The molecule has 0 fully saturated rings. The van der Waals surface area contributed by atoms with Crippen molar-refractivity contribution in [2.24, 2.45) is 0 Å². The number of fused-ring (bicyclic) bond motifs is 3. The van der Waals surface area contributed by atoms with Gasteiger partial charge in [-0.1, -0.05) is 72.5 Å². The van der Waals surface area contributed by atoms with Crippen LogP contribution in [0.3, 0.4) is 0 Å². The minimum Gasteiger partial charge on any atom is -0.351 e. The molecular weight excluding hydrogens is 364 g/mol. The third-order valence-electron chi connectivity index (χ3n) is 4.13. The van der Waals surface area contributed by atoms with E-state index in [2.05, 4.69) is 27.6 Å². The summed E-state index contributed by atoms with van der Waals surface area (Å²) in [5, 5.41) is 12.2. The van der Waals surface area contributed by atoms with Crippen LogP contribution < -0.4 is 5.32 Å². The predicted octanol–water partition coefficient (Wildman–Crippen LogP) is 4.13. The van der Waals surface area contributed by atoms with Crippen LogP contribution in [0.5, 0.6) is 0 Å². The van der Waals surface area contributed by atoms with Crippen LogP contribution >= 0.6 is 23.1 Å². The maximum atomic E-state index is 12.6. The molecule has 1 amide bonds. The molecule has 0 saturated heterocycles. The Morgan fingerprint density at radius 3 is 2.73 bits per heavy atom. The molecule has 0 aliphatic carbocycles. The third-order valence-corrected chi connectivity index (χ3v) is 6.45. The van der Waals surface area contributed by atoms with Gasteiger partial charge >= 0.3 is 0 Å². The third kappa shape index (κ3) is 3.32. The molecule has 2 aromatic carbocycles. The van der Waals surface area contributed by atoms with Crippen LogP contribution in [0, 0.1) is 0 Å². The smallest absolute Gasteiger partial charge is 0.233 e. The van der Waals surface area contributed by atoms with E-state index >= 15 is 0 Å². The normalized spacial score (nSPS) is 12.5. The van der Waals surface area contributed by atoms with Crippen molar-refractivity contribution < 1.29 is 4.79 Å². The van der Waals surface area contributed by atoms with Gasteiger partial charge in [0.15, 0.2) is 5.16 Å². The van der Waals surface area contributed by atoms with Gasteiger partial charge in [0.2, 0.25) is 10.9 Å². The fraction of sp³-hybridized carbons (Fsp3) is 0.211. The molecule has 0 saturated carbocycles. The molecule has 4 rings (SSSR count). The van der Waals surface area contributed by atoms with Crippen LogP contribution in [0.4, 0.5) is 0 Å². The zero-order valence-electron chi connectivity index (χ0n) is 14.3. The summed E-state index contributed by atoms with van der Waals surface area (Å²) in [6, 6.07) is 18.1. The van der Waals surface area contributed by atoms with Gasteiger partial charge in [-0.05, 0) is 24.1 Å². The van der Waals surface area contributed by atoms with Gasteiger partial charge < -0.3 is 5.32 Å². The van der Waals surface area contributed by atoms with Gasteiger partial charge in [-0.15, -0.1) is 10.2 Å². The van der Waals surface area contributed by atoms with Crippen LogP contribution in [0.1, 0.15) is 18.9 Å². The number of thioether (sulfide) groups is 1. The Labute approximate surface area is 159 Å². The SMILES string of the molecule is CCC(Sc1nnc2sc3ccccc3n12)C(=O)NCc1ccccc1. The Morgan fingerprint density at radius 1 is 1.15 bits per heavy atom. The molecule has 0 bridgehead atoms. The molecule has 26 heavy (non-hydrogen) atoms. The first-order valence-corrected chi connectivity index (χ1v) is 10.2. The summed E-state index contributed by atoms with van der Waals surface area (Å²) >= 11 is 3.08. The molecular formula is C19H18N4OS2. The van der Waals surface area contributed by atoms with Crippen molar-refractivity contribution in [2.75, 3.05) is 0 Å². The lowest BCUT2D eigenvalue weighted by molar-refractivity contribution is -0.120. The standard InChI is InChI=1S/C19H18N4OS2/c1-2-15(17(24)20-12-13-8-4-3-5-9-13)25-18-21-22-19-23(18)14-10-6-7-11-16(14)26-19/h3-11,15H,2,12H2,1H3,(H,20,24). The molecule has 1 atom stereocenters. The molecule has 4 aromatic rings. The molecule has 2 aromatic heterocycles. The first-order chi connectivity index (χ1) is 12.8. The van der Waals surface area contributed by atoms with Crippen LogP contribution in [0.2, 0.25) is 0 Å². The summed E-state index contributed by atoms with van der Waals surface area (Å²) in [6.45, 7) is 2.55. The number of amides is 1. The van der Waals surface area contributed by atoms with Crippen LogP contribution in [0.25, 0.3) is 15.2 Å². The maximum Gasteiger partial charge on any atom is 0.233 e. The summed E-state index contributed by atoms with van der Waals surface area (Å²) in [7, 11) is 0. The number of rotatable bonds is 6. The first-order valence-electron chi connectivity index (χ1n) is 8.47. The molecule has 5 nitrogen and oxygen atoms in total. The molecule has 0 spiro atoms. The Balaban J connectivity index is 1.53. The highest BCUT2D eigenvalue weighted by Gasteiger charge is 2.22. The van der Waals surface area contributed by atoms with Gasteiger partial charge in [0.1, 0.15) is 0 Å². The second-order valence-electron chi connectivity index (χ2n) is 5.89. The summed E-state index contributed by atoms with van der Waals surface area (Å²) < 4.78 is 3.21. The van der Waals surface area contributed by atoms with E-state index in [1.54, 1.807) is 11.3 Å². The quantitative estimate of drug-likeness (QED) is 0.509. The Kier molecular flexibility index (Phi) is 4.90. The maximum absolute atomic E-state index is 12.6. The van der Waals surface area contributed by atoms with E-state index in [1.807, 2.05) is 53.8 Å². The molecule has 0 aliphatic heterocycles. The fourth-order valence-corrected chi connectivity index (χ4v) is 4.79. The summed E-state index contributed by atoms with van der Waals surface area (Å²) in [6.07, 6.45) is 0.724. The van der Waals surface area contributed by atoms with Crippen molar-refractivity contribution >= 4 is 44.2 Å². The number of para-hydroxylation sites is 1. The molecule has 0 radical (unpaired) electrons. The van der Waals surface area contributed by atoms with E-state index in [1.165, 1.54) is 16.5 Å². The van der Waals surface area contributed by atoms with Crippen LogP contribution in [-0.4, -0.2) is 25.8 Å². The van der Waals surface area contributed by atoms with E-state index < -0.39 is 0 Å². The molecule has 2 heterocycles. The largest absolute Gasteiger partial charge is 0.351 e. The lowest BCUT2D eigenvalue weighted by atomic mass is 10.2. The van der Waals surface area contributed by atoms with Crippen molar-refractivity contribution in [3.05, 3.63) is 60.2 Å². The number of thiazole rings is 1. The van der Waals surface area contributed by atoms with Gasteiger partial charge in [0.25, 0.3) is 0 Å². The Bertz CT molecular complexity index is 1040. The number of hydrogen-bond acceptors (Lipinski definition) is 5. The number of carbonyl (C=O) groups excluding carboxylic acids is 1. The van der Waals surface area contributed by atoms with Gasteiger partial charge in [0.05, 0.1) is 15.5 Å². The summed E-state index contributed by atoms with van der Waals surface area (Å²) in [4.78, 5) is 13.5. The van der Waals surface area contributed by atoms with Gasteiger partial charge in [-0.25, -0.2) is 0 Å².